The van der Waals surface area contributed by atoms with Crippen LogP contribution in [-0.2, 0) is 4.74 Å². The molecule has 0 saturated carbocycles. The molecule has 0 aliphatic carbocycles. The molecule has 1 N–H and O–H groups in total. The van der Waals surface area contributed by atoms with E-state index in [9.17, 15) is 9.90 Å². The first kappa shape index (κ1) is 13.9. The van der Waals surface area contributed by atoms with Crippen molar-refractivity contribution >= 4 is 11.7 Å². The molecule has 0 bridgehead atoms. The van der Waals surface area contributed by atoms with Crippen molar-refractivity contribution in [1.82, 2.24) is 0 Å². The standard InChI is InChI=1S/C15H21NO3/c1-15(2)8-11(10-17)9-16(15)13-7-5-4-6-12(13)14(18)19-3/h4-7,11,17H,8-10H2,1-3H3. The van der Waals surface area contributed by atoms with Crippen molar-refractivity contribution in [3.8, 4) is 0 Å². The maximum absolute atomic E-state index is 11.9. The fourth-order valence-corrected chi connectivity index (χ4v) is 2.92. The molecule has 4 heteroatoms. The molecule has 1 heterocycles. The van der Waals surface area contributed by atoms with Gasteiger partial charge in [-0.05, 0) is 32.4 Å². The first-order valence-electron chi connectivity index (χ1n) is 6.55. The van der Waals surface area contributed by atoms with Gasteiger partial charge in [0.05, 0.1) is 18.4 Å². The van der Waals surface area contributed by atoms with Crippen LogP contribution in [0, 0.1) is 5.92 Å². The van der Waals surface area contributed by atoms with Crippen LogP contribution in [-0.4, -0.2) is 36.9 Å². The smallest absolute Gasteiger partial charge is 0.339 e. The highest BCUT2D eigenvalue weighted by atomic mass is 16.5. The Morgan fingerprint density at radius 1 is 1.47 bits per heavy atom. The Bertz CT molecular complexity index is 470. The lowest BCUT2D eigenvalue weighted by Gasteiger charge is -2.34. The number of esters is 1. The van der Waals surface area contributed by atoms with Crippen molar-refractivity contribution in [2.75, 3.05) is 25.2 Å². The van der Waals surface area contributed by atoms with Gasteiger partial charge >= 0.3 is 5.97 Å². The van der Waals surface area contributed by atoms with Crippen molar-refractivity contribution in [3.05, 3.63) is 29.8 Å². The number of anilines is 1. The quantitative estimate of drug-likeness (QED) is 0.848. The first-order chi connectivity index (χ1) is 8.99. The van der Waals surface area contributed by atoms with Gasteiger partial charge in [0.2, 0.25) is 0 Å². The van der Waals surface area contributed by atoms with E-state index >= 15 is 0 Å². The lowest BCUT2D eigenvalue weighted by molar-refractivity contribution is 0.0601. The number of aliphatic hydroxyl groups excluding tert-OH is 1. The molecule has 1 fully saturated rings. The van der Waals surface area contributed by atoms with Gasteiger partial charge in [0.1, 0.15) is 0 Å². The van der Waals surface area contributed by atoms with E-state index in [0.29, 0.717) is 5.56 Å². The Balaban J connectivity index is 2.39. The third-order valence-electron chi connectivity index (χ3n) is 3.82. The normalized spacial score (nSPS) is 21.5. The second kappa shape index (κ2) is 5.21. The Hall–Kier alpha value is -1.55. The molecule has 1 aliphatic rings. The zero-order chi connectivity index (χ0) is 14.0. The molecule has 2 rings (SSSR count). The predicted molar refractivity (Wildman–Crippen MR) is 74.4 cm³/mol. The number of rotatable bonds is 3. The van der Waals surface area contributed by atoms with E-state index in [1.165, 1.54) is 7.11 Å². The topological polar surface area (TPSA) is 49.8 Å². The zero-order valence-corrected chi connectivity index (χ0v) is 11.7. The highest BCUT2D eigenvalue weighted by Gasteiger charge is 2.39. The molecule has 1 atom stereocenters. The monoisotopic (exact) mass is 263 g/mol. The van der Waals surface area contributed by atoms with Gasteiger partial charge in [0, 0.05) is 24.6 Å². The fourth-order valence-electron chi connectivity index (χ4n) is 2.92. The van der Waals surface area contributed by atoms with E-state index < -0.39 is 0 Å². The lowest BCUT2D eigenvalue weighted by Crippen LogP contribution is -2.39. The predicted octanol–water partition coefficient (Wildman–Crippen LogP) is 2.07. The Morgan fingerprint density at radius 2 is 2.16 bits per heavy atom. The molecule has 1 unspecified atom stereocenters. The molecular weight excluding hydrogens is 242 g/mol. The van der Waals surface area contributed by atoms with E-state index in [-0.39, 0.29) is 24.0 Å². The van der Waals surface area contributed by atoms with E-state index in [0.717, 1.165) is 18.7 Å². The van der Waals surface area contributed by atoms with Gasteiger partial charge < -0.3 is 14.7 Å². The minimum atomic E-state index is -0.321. The van der Waals surface area contributed by atoms with Crippen LogP contribution in [0.3, 0.4) is 0 Å². The van der Waals surface area contributed by atoms with Crippen LogP contribution in [0.4, 0.5) is 5.69 Å². The summed E-state index contributed by atoms with van der Waals surface area (Å²) >= 11 is 0. The molecular formula is C15H21NO3. The van der Waals surface area contributed by atoms with Gasteiger partial charge in [-0.3, -0.25) is 0 Å². The molecule has 0 aromatic heterocycles. The average molecular weight is 263 g/mol. The van der Waals surface area contributed by atoms with Crippen molar-refractivity contribution in [1.29, 1.82) is 0 Å². The Kier molecular flexibility index (Phi) is 3.80. The summed E-state index contributed by atoms with van der Waals surface area (Å²) in [6.07, 6.45) is 0.916. The van der Waals surface area contributed by atoms with Crippen LogP contribution in [0.1, 0.15) is 30.6 Å². The van der Waals surface area contributed by atoms with Crippen LogP contribution in [0.25, 0.3) is 0 Å². The second-order valence-corrected chi connectivity index (χ2v) is 5.68. The van der Waals surface area contributed by atoms with Crippen LogP contribution in [0.5, 0.6) is 0 Å². The molecule has 0 spiro atoms. The van der Waals surface area contributed by atoms with Crippen LogP contribution < -0.4 is 4.90 Å². The molecule has 19 heavy (non-hydrogen) atoms. The zero-order valence-electron chi connectivity index (χ0n) is 11.7. The maximum atomic E-state index is 11.9. The molecule has 1 aromatic rings. The molecule has 4 nitrogen and oxygen atoms in total. The van der Waals surface area contributed by atoms with Crippen LogP contribution in [0.15, 0.2) is 24.3 Å². The SMILES string of the molecule is COC(=O)c1ccccc1N1CC(CO)CC1(C)C. The second-order valence-electron chi connectivity index (χ2n) is 5.68. The number of ether oxygens (including phenoxy) is 1. The Morgan fingerprint density at radius 3 is 2.74 bits per heavy atom. The van der Waals surface area contributed by atoms with E-state index in [1.54, 1.807) is 6.07 Å². The molecule has 1 saturated heterocycles. The van der Waals surface area contributed by atoms with Gasteiger partial charge in [0.25, 0.3) is 0 Å². The summed E-state index contributed by atoms with van der Waals surface area (Å²) in [4.78, 5) is 14.0. The molecule has 104 valence electrons. The average Bonchev–Trinajstić information content (AvgIpc) is 2.73. The highest BCUT2D eigenvalue weighted by Crippen LogP contribution is 2.38. The minimum absolute atomic E-state index is 0.0719. The number of hydrogen-bond acceptors (Lipinski definition) is 4. The van der Waals surface area contributed by atoms with Crippen LogP contribution >= 0.6 is 0 Å². The van der Waals surface area contributed by atoms with Gasteiger partial charge in [-0.15, -0.1) is 0 Å². The number of nitrogens with zero attached hydrogens (tertiary/aromatic N) is 1. The summed E-state index contributed by atoms with van der Waals surface area (Å²) in [5.74, 6) is -0.0699. The summed E-state index contributed by atoms with van der Waals surface area (Å²) < 4.78 is 4.84. The number of aliphatic hydroxyl groups is 1. The van der Waals surface area contributed by atoms with E-state index in [1.807, 2.05) is 18.2 Å². The third kappa shape index (κ3) is 2.59. The summed E-state index contributed by atoms with van der Waals surface area (Å²) in [6.45, 7) is 5.21. The number of methoxy groups -OCH3 is 1. The Labute approximate surface area is 114 Å². The highest BCUT2D eigenvalue weighted by molar-refractivity contribution is 5.96. The van der Waals surface area contributed by atoms with E-state index in [4.69, 9.17) is 4.74 Å². The summed E-state index contributed by atoms with van der Waals surface area (Å²) in [5.41, 5.74) is 1.39. The summed E-state index contributed by atoms with van der Waals surface area (Å²) in [5, 5.41) is 9.37. The van der Waals surface area contributed by atoms with Gasteiger partial charge in [-0.25, -0.2) is 4.79 Å². The number of para-hydroxylation sites is 1. The van der Waals surface area contributed by atoms with Gasteiger partial charge in [-0.1, -0.05) is 12.1 Å². The maximum Gasteiger partial charge on any atom is 0.339 e. The lowest BCUT2D eigenvalue weighted by atomic mass is 9.96. The van der Waals surface area contributed by atoms with Crippen molar-refractivity contribution in [2.24, 2.45) is 5.92 Å². The summed E-state index contributed by atoms with van der Waals surface area (Å²) in [7, 11) is 1.39. The molecule has 1 aromatic carbocycles. The minimum Gasteiger partial charge on any atom is -0.465 e. The van der Waals surface area contributed by atoms with Crippen molar-refractivity contribution in [3.63, 3.8) is 0 Å². The number of carbonyl (C=O) groups excluding carboxylic acids is 1. The summed E-state index contributed by atoms with van der Waals surface area (Å²) in [6, 6.07) is 7.48. The fraction of sp³-hybridized carbons (Fsp3) is 0.533. The van der Waals surface area contributed by atoms with Crippen molar-refractivity contribution < 1.29 is 14.6 Å². The molecule has 0 amide bonds. The number of carbonyl (C=O) groups is 1. The van der Waals surface area contributed by atoms with Gasteiger partial charge in [0.15, 0.2) is 0 Å². The third-order valence-corrected chi connectivity index (χ3v) is 3.82. The number of hydrogen-bond donors (Lipinski definition) is 1. The molecule has 0 radical (unpaired) electrons. The van der Waals surface area contributed by atoms with Gasteiger partial charge in [-0.2, -0.15) is 0 Å². The number of benzene rings is 1. The van der Waals surface area contributed by atoms with E-state index in [2.05, 4.69) is 18.7 Å². The molecule has 1 aliphatic heterocycles. The largest absolute Gasteiger partial charge is 0.465 e. The first-order valence-corrected chi connectivity index (χ1v) is 6.55. The van der Waals surface area contributed by atoms with Crippen molar-refractivity contribution in [2.45, 2.75) is 25.8 Å². The van der Waals surface area contributed by atoms with Crippen LogP contribution in [0.2, 0.25) is 0 Å².